The Kier molecular flexibility index (Phi) is 8.08. The van der Waals surface area contributed by atoms with Crippen LogP contribution in [0.3, 0.4) is 0 Å². The van der Waals surface area contributed by atoms with E-state index < -0.39 is 25.7 Å². The average molecular weight is 695 g/mol. The Hall–Kier alpha value is -6.22. The number of benzene rings is 6. The molecular weight excluding hydrogens is 669 g/mol. The predicted molar refractivity (Wildman–Crippen MR) is 181 cm³/mol. The van der Waals surface area contributed by atoms with Gasteiger partial charge in [0.2, 0.25) is 22.3 Å². The van der Waals surface area contributed by atoms with E-state index in [1.165, 1.54) is 48.5 Å². The van der Waals surface area contributed by atoms with Crippen molar-refractivity contribution in [3.05, 3.63) is 130 Å². The van der Waals surface area contributed by atoms with E-state index in [1.807, 2.05) is 13.8 Å². The Morgan fingerprint density at radius 1 is 0.551 bits per heavy atom. The Balaban J connectivity index is 1.23. The van der Waals surface area contributed by atoms with Crippen molar-refractivity contribution in [2.24, 2.45) is 0 Å². The molecule has 0 atom stereocenters. The van der Waals surface area contributed by atoms with Gasteiger partial charge in [-0.1, -0.05) is 86.6 Å². The van der Waals surface area contributed by atoms with Gasteiger partial charge in [-0.25, -0.2) is 0 Å². The molecule has 244 valence electrons. The third-order valence-electron chi connectivity index (χ3n) is 8.23. The number of nitrogens with zero attached hydrogens (tertiary/aromatic N) is 4. The summed E-state index contributed by atoms with van der Waals surface area (Å²) in [5.41, 5.74) is 0.279. The lowest BCUT2D eigenvalue weighted by Crippen LogP contribution is -2.19. The van der Waals surface area contributed by atoms with E-state index in [2.05, 4.69) is 9.95 Å². The summed E-state index contributed by atoms with van der Waals surface area (Å²) < 4.78 is 64.1. The molecule has 0 aliphatic heterocycles. The molecule has 6 rings (SSSR count). The van der Waals surface area contributed by atoms with Crippen molar-refractivity contribution >= 4 is 53.2 Å². The minimum Gasteiger partial charge on any atom is -0.501 e. The highest BCUT2D eigenvalue weighted by Gasteiger charge is 2.30. The SMILES string of the molecule is CC(C)(c1ccc(OS(=O)(=O)c2cc([N+]#N)c(O)c3ccccc23)cc1)c1ccc(OS(=O)(=O)c2cc([N+]#N)c(O)c3ccccc23)cc1. The fourth-order valence-electron chi connectivity index (χ4n) is 5.56. The lowest BCUT2D eigenvalue weighted by atomic mass is 9.78. The normalized spacial score (nSPS) is 11.9. The molecule has 0 aliphatic carbocycles. The van der Waals surface area contributed by atoms with Gasteiger partial charge in [-0.3, -0.25) is 0 Å². The largest absolute Gasteiger partial charge is 0.501 e. The molecule has 2 N–H and O–H groups in total. The van der Waals surface area contributed by atoms with E-state index in [0.717, 1.165) is 23.3 Å². The van der Waals surface area contributed by atoms with E-state index >= 15 is 0 Å². The minimum absolute atomic E-state index is 0.0204. The lowest BCUT2D eigenvalue weighted by Gasteiger charge is -2.26. The van der Waals surface area contributed by atoms with Gasteiger partial charge in [0.1, 0.15) is 21.3 Å². The van der Waals surface area contributed by atoms with Gasteiger partial charge in [-0.05, 0) is 35.4 Å². The summed E-state index contributed by atoms with van der Waals surface area (Å²) >= 11 is 0. The minimum atomic E-state index is -4.42. The van der Waals surface area contributed by atoms with Crippen LogP contribution in [0.25, 0.3) is 31.5 Å². The van der Waals surface area contributed by atoms with Gasteiger partial charge in [-0.15, -0.1) is 0 Å². The molecule has 6 aromatic carbocycles. The molecular formula is C35H26N4O8S2+2. The molecule has 6 aromatic rings. The summed E-state index contributed by atoms with van der Waals surface area (Å²) in [5, 5.41) is 40.1. The Labute approximate surface area is 280 Å². The molecule has 0 bridgehead atoms. The predicted octanol–water partition coefficient (Wildman–Crippen LogP) is 8.23. The zero-order valence-corrected chi connectivity index (χ0v) is 27.5. The van der Waals surface area contributed by atoms with Crippen molar-refractivity contribution in [3.63, 3.8) is 0 Å². The first-order valence-electron chi connectivity index (χ1n) is 14.6. The Morgan fingerprint density at radius 2 is 0.878 bits per heavy atom. The molecule has 14 heteroatoms. The third-order valence-corrected chi connectivity index (χ3v) is 10.8. The zero-order chi connectivity index (χ0) is 35.1. The highest BCUT2D eigenvalue weighted by Crippen LogP contribution is 2.41. The maximum absolute atomic E-state index is 13.3. The molecule has 0 aromatic heterocycles. The topological polar surface area (TPSA) is 184 Å². The summed E-state index contributed by atoms with van der Waals surface area (Å²) in [4.78, 5) is 5.42. The van der Waals surface area contributed by atoms with Gasteiger partial charge in [0, 0.05) is 27.0 Å². The van der Waals surface area contributed by atoms with Gasteiger partial charge in [-0.2, -0.15) is 16.8 Å². The maximum Gasteiger partial charge on any atom is 0.428 e. The molecule has 0 fully saturated rings. The average Bonchev–Trinajstić information content (AvgIpc) is 3.09. The third kappa shape index (κ3) is 5.91. The number of hydrogen-bond donors (Lipinski definition) is 2. The first-order valence-corrected chi connectivity index (χ1v) is 17.4. The van der Waals surface area contributed by atoms with E-state index in [9.17, 15) is 37.8 Å². The van der Waals surface area contributed by atoms with Crippen molar-refractivity contribution in [2.45, 2.75) is 29.1 Å². The number of aromatic hydroxyl groups is 2. The maximum atomic E-state index is 13.3. The van der Waals surface area contributed by atoms with Crippen LogP contribution in [-0.2, 0) is 25.7 Å². The van der Waals surface area contributed by atoms with E-state index in [1.54, 1.807) is 48.5 Å². The van der Waals surface area contributed by atoms with Crippen molar-refractivity contribution < 1.29 is 35.4 Å². The fourth-order valence-corrected chi connectivity index (χ4v) is 7.87. The van der Waals surface area contributed by atoms with Gasteiger partial charge >= 0.3 is 31.6 Å². The molecule has 0 aliphatic rings. The zero-order valence-electron chi connectivity index (χ0n) is 25.8. The highest BCUT2D eigenvalue weighted by atomic mass is 32.2. The number of phenols is 2. The second-order valence-electron chi connectivity index (χ2n) is 11.5. The van der Waals surface area contributed by atoms with Crippen molar-refractivity contribution in [2.75, 3.05) is 0 Å². The smallest absolute Gasteiger partial charge is 0.428 e. The van der Waals surface area contributed by atoms with Gasteiger partial charge in [0.25, 0.3) is 0 Å². The Bertz CT molecular complexity index is 2410. The van der Waals surface area contributed by atoms with Crippen LogP contribution < -0.4 is 8.37 Å². The molecule has 0 saturated heterocycles. The van der Waals surface area contributed by atoms with Crippen LogP contribution >= 0.6 is 0 Å². The number of diazo groups is 2. The summed E-state index contributed by atoms with van der Waals surface area (Å²) in [7, 11) is -8.85. The molecule has 0 amide bonds. The molecule has 49 heavy (non-hydrogen) atoms. The van der Waals surface area contributed by atoms with Crippen LogP contribution in [0.15, 0.2) is 119 Å². The van der Waals surface area contributed by atoms with Crippen LogP contribution in [0.5, 0.6) is 23.0 Å². The van der Waals surface area contributed by atoms with Crippen molar-refractivity contribution in [1.82, 2.24) is 0 Å². The van der Waals surface area contributed by atoms with Crippen LogP contribution in [0.2, 0.25) is 0 Å². The fraction of sp³-hybridized carbons (Fsp3) is 0.0857. The molecule has 0 unspecified atom stereocenters. The highest BCUT2D eigenvalue weighted by molar-refractivity contribution is 7.87. The van der Waals surface area contributed by atoms with Crippen LogP contribution in [0.4, 0.5) is 11.4 Å². The van der Waals surface area contributed by atoms with Crippen molar-refractivity contribution in [1.29, 1.82) is 10.8 Å². The van der Waals surface area contributed by atoms with Crippen LogP contribution in [0.1, 0.15) is 25.0 Å². The molecule has 0 radical (unpaired) electrons. The van der Waals surface area contributed by atoms with Gasteiger partial charge in [0.05, 0.1) is 12.1 Å². The number of hydrogen-bond acceptors (Lipinski definition) is 10. The molecule has 0 spiro atoms. The number of fused-ring (bicyclic) bond motifs is 2. The molecule has 0 heterocycles. The molecule has 0 saturated carbocycles. The molecule has 12 nitrogen and oxygen atoms in total. The Morgan fingerprint density at radius 3 is 1.20 bits per heavy atom. The van der Waals surface area contributed by atoms with E-state index in [0.29, 0.717) is 0 Å². The first-order chi connectivity index (χ1) is 23.3. The summed E-state index contributed by atoms with van der Waals surface area (Å²) in [5.74, 6) is -0.702. The van der Waals surface area contributed by atoms with Gasteiger partial charge < -0.3 is 18.6 Å². The van der Waals surface area contributed by atoms with Crippen molar-refractivity contribution in [3.8, 4) is 23.0 Å². The number of rotatable bonds is 8. The quantitative estimate of drug-likeness (QED) is 0.116. The second kappa shape index (κ2) is 12.1. The number of phenolic OH excluding ortho intramolecular Hbond substituents is 2. The summed E-state index contributed by atoms with van der Waals surface area (Å²) in [6.07, 6.45) is 0. The monoisotopic (exact) mass is 694 g/mol. The first kappa shape index (κ1) is 32.7. The summed E-state index contributed by atoms with van der Waals surface area (Å²) in [6, 6.07) is 27.2. The second-order valence-corrected chi connectivity index (χ2v) is 14.6. The summed E-state index contributed by atoms with van der Waals surface area (Å²) in [6.45, 7) is 3.86. The van der Waals surface area contributed by atoms with Crippen LogP contribution in [-0.4, -0.2) is 27.0 Å². The van der Waals surface area contributed by atoms with Crippen LogP contribution in [0, 0.1) is 10.8 Å². The van der Waals surface area contributed by atoms with E-state index in [4.69, 9.17) is 8.37 Å². The van der Waals surface area contributed by atoms with E-state index in [-0.39, 0.29) is 65.7 Å². The lowest BCUT2D eigenvalue weighted by molar-refractivity contribution is 0.480. The van der Waals surface area contributed by atoms with Gasteiger partial charge in [0.15, 0.2) is 9.95 Å². The standard InChI is InChI=1S/C35H24N4O8S2/c1-35(2,21-11-15-23(16-12-21)46-48(42,43)31-19-29(38-36)33(40)27-9-5-3-7-25(27)31)22-13-17-24(18-14-22)47-49(44,45)32-20-30(39-37)34(41)28-10-6-4-8-26(28)32/h3-20H,1-2H3/p+2.